The number of benzene rings is 2. The van der Waals surface area contributed by atoms with Crippen LogP contribution in [0.4, 0.5) is 9.18 Å². The van der Waals surface area contributed by atoms with E-state index in [0.717, 1.165) is 11.0 Å². The maximum atomic E-state index is 12.7. The lowest BCUT2D eigenvalue weighted by Crippen LogP contribution is -2.31. The number of rotatable bonds is 4. The molecule has 0 bridgehead atoms. The van der Waals surface area contributed by atoms with Gasteiger partial charge in [0, 0.05) is 0 Å². The van der Waals surface area contributed by atoms with Gasteiger partial charge in [0.1, 0.15) is 24.5 Å². The number of amides is 1. The molecule has 112 valence electrons. The Kier molecular flexibility index (Phi) is 4.00. The topological polar surface area (TPSA) is 56.1 Å². The molecule has 1 amide bonds. The second-order valence-electron chi connectivity index (χ2n) is 4.64. The van der Waals surface area contributed by atoms with Crippen LogP contribution in [0, 0.1) is 5.82 Å². The summed E-state index contributed by atoms with van der Waals surface area (Å²) in [6.45, 7) is 0.632. The number of nitrogens with one attached hydrogen (secondary N) is 1. The molecule has 0 saturated heterocycles. The van der Waals surface area contributed by atoms with Gasteiger partial charge < -0.3 is 10.1 Å². The average Bonchev–Trinajstić information content (AvgIpc) is 2.97. The molecule has 1 heterocycles. The highest BCUT2D eigenvalue weighted by Gasteiger charge is 2.08. The first kappa shape index (κ1) is 14.1. The van der Waals surface area contributed by atoms with Crippen LogP contribution in [0.2, 0.25) is 0 Å². The van der Waals surface area contributed by atoms with E-state index in [-0.39, 0.29) is 11.8 Å². The zero-order chi connectivity index (χ0) is 15.4. The minimum atomic E-state index is -0.312. The molecule has 0 fully saturated rings. The fraction of sp³-hybridized carbons (Fsp3) is 0.125. The number of carbonyl (C=O) groups excluding carboxylic acids is 1. The highest BCUT2D eigenvalue weighted by Crippen LogP contribution is 2.12. The van der Waals surface area contributed by atoms with Crippen LogP contribution in [-0.4, -0.2) is 28.7 Å². The van der Waals surface area contributed by atoms with E-state index < -0.39 is 0 Å². The lowest BCUT2D eigenvalue weighted by molar-refractivity contribution is 0.238. The lowest BCUT2D eigenvalue weighted by Gasteiger charge is -2.08. The van der Waals surface area contributed by atoms with Crippen molar-refractivity contribution in [3.8, 4) is 5.75 Å². The van der Waals surface area contributed by atoms with Crippen molar-refractivity contribution in [3.05, 3.63) is 60.7 Å². The van der Waals surface area contributed by atoms with Crippen LogP contribution in [-0.2, 0) is 0 Å². The third-order valence-electron chi connectivity index (χ3n) is 3.13. The molecular weight excluding hydrogens is 285 g/mol. The third kappa shape index (κ3) is 3.06. The summed E-state index contributed by atoms with van der Waals surface area (Å²) in [5.74, 6) is 0.247. The summed E-state index contributed by atoms with van der Waals surface area (Å²) in [6.07, 6.45) is 1.49. The molecule has 5 nitrogen and oxygen atoms in total. The van der Waals surface area contributed by atoms with Crippen molar-refractivity contribution in [1.29, 1.82) is 0 Å². The molecule has 1 N–H and O–H groups in total. The van der Waals surface area contributed by atoms with Crippen LogP contribution in [0.15, 0.2) is 54.9 Å². The Balaban J connectivity index is 1.53. The van der Waals surface area contributed by atoms with E-state index in [1.807, 2.05) is 24.3 Å². The molecule has 3 rings (SSSR count). The number of para-hydroxylation sites is 2. The van der Waals surface area contributed by atoms with Crippen molar-refractivity contribution in [2.45, 2.75) is 0 Å². The molecule has 6 heteroatoms. The molecule has 3 aromatic rings. The summed E-state index contributed by atoms with van der Waals surface area (Å²) < 4.78 is 19.6. The van der Waals surface area contributed by atoms with Crippen LogP contribution in [0.5, 0.6) is 5.75 Å². The summed E-state index contributed by atoms with van der Waals surface area (Å²) in [4.78, 5) is 16.2. The molecule has 0 aliphatic rings. The van der Waals surface area contributed by atoms with E-state index in [9.17, 15) is 9.18 Å². The van der Waals surface area contributed by atoms with Crippen LogP contribution >= 0.6 is 0 Å². The van der Waals surface area contributed by atoms with Crippen molar-refractivity contribution in [1.82, 2.24) is 14.9 Å². The number of nitrogens with zero attached hydrogens (tertiary/aromatic N) is 2. The standard InChI is InChI=1S/C16H14FN3O2/c17-12-5-7-13(8-6-12)22-10-9-18-16(21)20-11-19-14-3-1-2-4-15(14)20/h1-8,11H,9-10H2,(H,18,21). The molecule has 0 unspecified atom stereocenters. The van der Waals surface area contributed by atoms with Gasteiger partial charge in [0.15, 0.2) is 0 Å². The lowest BCUT2D eigenvalue weighted by atomic mass is 10.3. The number of halogens is 1. The summed E-state index contributed by atoms with van der Waals surface area (Å²) >= 11 is 0. The summed E-state index contributed by atoms with van der Waals surface area (Å²) in [7, 11) is 0. The summed E-state index contributed by atoms with van der Waals surface area (Å²) in [5, 5.41) is 2.74. The molecule has 0 aliphatic heterocycles. The molecule has 1 aromatic heterocycles. The van der Waals surface area contributed by atoms with Crippen LogP contribution in [0.25, 0.3) is 11.0 Å². The first-order chi connectivity index (χ1) is 10.7. The Labute approximate surface area is 126 Å². The fourth-order valence-electron chi connectivity index (χ4n) is 2.06. The zero-order valence-corrected chi connectivity index (χ0v) is 11.7. The van der Waals surface area contributed by atoms with Gasteiger partial charge in [-0.05, 0) is 36.4 Å². The Hall–Kier alpha value is -2.89. The van der Waals surface area contributed by atoms with E-state index in [1.165, 1.54) is 23.0 Å². The van der Waals surface area contributed by atoms with Gasteiger partial charge in [-0.25, -0.2) is 14.2 Å². The van der Waals surface area contributed by atoms with Crippen LogP contribution in [0.3, 0.4) is 0 Å². The number of imidazole rings is 1. The fourth-order valence-corrected chi connectivity index (χ4v) is 2.06. The highest BCUT2D eigenvalue weighted by molar-refractivity contribution is 5.88. The summed E-state index contributed by atoms with van der Waals surface area (Å²) in [6, 6.07) is 12.9. The average molecular weight is 299 g/mol. The number of hydrogen-bond acceptors (Lipinski definition) is 3. The first-order valence-electron chi connectivity index (χ1n) is 6.83. The SMILES string of the molecule is O=C(NCCOc1ccc(F)cc1)n1cnc2ccccc21. The van der Waals surface area contributed by atoms with Crippen LogP contribution < -0.4 is 10.1 Å². The minimum absolute atomic E-state index is 0.267. The van der Waals surface area contributed by atoms with E-state index in [1.54, 1.807) is 12.1 Å². The Morgan fingerprint density at radius 3 is 2.77 bits per heavy atom. The van der Waals surface area contributed by atoms with Gasteiger partial charge in [0.05, 0.1) is 17.6 Å². The highest BCUT2D eigenvalue weighted by atomic mass is 19.1. The molecule has 0 radical (unpaired) electrons. The largest absolute Gasteiger partial charge is 0.492 e. The van der Waals surface area contributed by atoms with Crippen molar-refractivity contribution >= 4 is 17.1 Å². The first-order valence-corrected chi connectivity index (χ1v) is 6.83. The molecule has 0 spiro atoms. The number of ether oxygens (including phenoxy) is 1. The molecule has 22 heavy (non-hydrogen) atoms. The molecule has 0 atom stereocenters. The van der Waals surface area contributed by atoms with E-state index in [4.69, 9.17) is 4.74 Å². The van der Waals surface area contributed by atoms with Gasteiger partial charge in [0.2, 0.25) is 0 Å². The van der Waals surface area contributed by atoms with Crippen LogP contribution in [0.1, 0.15) is 0 Å². The van der Waals surface area contributed by atoms with Gasteiger partial charge in [0.25, 0.3) is 0 Å². The predicted molar refractivity (Wildman–Crippen MR) is 80.4 cm³/mol. The summed E-state index contributed by atoms with van der Waals surface area (Å²) in [5.41, 5.74) is 1.51. The van der Waals surface area contributed by atoms with Crippen molar-refractivity contribution < 1.29 is 13.9 Å². The second-order valence-corrected chi connectivity index (χ2v) is 4.64. The van der Waals surface area contributed by atoms with E-state index in [2.05, 4.69) is 10.3 Å². The minimum Gasteiger partial charge on any atom is -0.492 e. The smallest absolute Gasteiger partial charge is 0.327 e. The van der Waals surface area contributed by atoms with Crippen molar-refractivity contribution in [2.75, 3.05) is 13.2 Å². The maximum Gasteiger partial charge on any atom is 0.327 e. The monoisotopic (exact) mass is 299 g/mol. The van der Waals surface area contributed by atoms with Gasteiger partial charge in [-0.2, -0.15) is 0 Å². The van der Waals surface area contributed by atoms with Gasteiger partial charge in [-0.1, -0.05) is 12.1 Å². The molecule has 2 aromatic carbocycles. The number of hydrogen-bond donors (Lipinski definition) is 1. The predicted octanol–water partition coefficient (Wildman–Crippen LogP) is 2.81. The quantitative estimate of drug-likeness (QED) is 0.754. The van der Waals surface area contributed by atoms with Crippen molar-refractivity contribution in [3.63, 3.8) is 0 Å². The second kappa shape index (κ2) is 6.26. The molecular formula is C16H14FN3O2. The number of fused-ring (bicyclic) bond motifs is 1. The Bertz CT molecular complexity index is 783. The maximum absolute atomic E-state index is 12.7. The normalized spacial score (nSPS) is 10.6. The Morgan fingerprint density at radius 2 is 1.95 bits per heavy atom. The van der Waals surface area contributed by atoms with Gasteiger partial charge >= 0.3 is 6.03 Å². The zero-order valence-electron chi connectivity index (χ0n) is 11.7. The van der Waals surface area contributed by atoms with Crippen molar-refractivity contribution in [2.24, 2.45) is 0 Å². The van der Waals surface area contributed by atoms with Gasteiger partial charge in [-0.3, -0.25) is 4.57 Å². The van der Waals surface area contributed by atoms with Gasteiger partial charge in [-0.15, -0.1) is 0 Å². The molecule has 0 aliphatic carbocycles. The number of aromatic nitrogens is 2. The molecule has 0 saturated carbocycles. The Morgan fingerprint density at radius 1 is 1.18 bits per heavy atom. The number of carbonyl (C=O) groups is 1. The third-order valence-corrected chi connectivity index (χ3v) is 3.13. The van der Waals surface area contributed by atoms with E-state index in [0.29, 0.717) is 18.9 Å². The van der Waals surface area contributed by atoms with E-state index >= 15 is 0 Å².